The maximum absolute atomic E-state index is 12.8. The lowest BCUT2D eigenvalue weighted by molar-refractivity contribution is -0.137. The van der Waals surface area contributed by atoms with Gasteiger partial charge < -0.3 is 16.2 Å². The van der Waals surface area contributed by atoms with Gasteiger partial charge in [0.2, 0.25) is 0 Å². The van der Waals surface area contributed by atoms with Gasteiger partial charge in [-0.25, -0.2) is 0 Å². The average Bonchev–Trinajstić information content (AvgIpc) is 2.69. The van der Waals surface area contributed by atoms with E-state index in [-0.39, 0.29) is 18.0 Å². The fourth-order valence-corrected chi connectivity index (χ4v) is 6.19. The fraction of sp³-hybridized carbons (Fsp3) is 0.522. The number of carbonyl (C=O) groups excluding carboxylic acids is 1. The molecule has 0 spiro atoms. The summed E-state index contributed by atoms with van der Waals surface area (Å²) >= 11 is 0. The molecule has 4 N–H and O–H groups in total. The Labute approximate surface area is 183 Å². The smallest absolute Gasteiger partial charge is 0.390 e. The zero-order valence-corrected chi connectivity index (χ0v) is 17.4. The zero-order chi connectivity index (χ0) is 22.7. The standard InChI is InChI=1S/C23H25F3N4O2/c24-23(25,26)15-1-2-16(28-10-15)5-17-6-19(18(11-29-17)21(27)31)30-20-13-3-12-4-14(20)9-22(32,7-12)8-13/h1-2,6,10-14,20,32H,3-5,7-9H2,(H2,27,31)(H,29,30)/t12?,13-,14+,20?,22?. The number of halogens is 3. The molecule has 5 atom stereocenters. The number of carbonyl (C=O) groups is 1. The highest BCUT2D eigenvalue weighted by Crippen LogP contribution is 2.56. The quantitative estimate of drug-likeness (QED) is 0.652. The van der Waals surface area contributed by atoms with Crippen LogP contribution in [-0.2, 0) is 12.6 Å². The van der Waals surface area contributed by atoms with Crippen molar-refractivity contribution in [1.29, 1.82) is 0 Å². The summed E-state index contributed by atoms with van der Waals surface area (Å²) in [6, 6.07) is 4.21. The minimum absolute atomic E-state index is 0.143. The van der Waals surface area contributed by atoms with Crippen LogP contribution in [0.5, 0.6) is 0 Å². The van der Waals surface area contributed by atoms with Crippen molar-refractivity contribution in [3.8, 4) is 0 Å². The van der Waals surface area contributed by atoms with E-state index in [9.17, 15) is 23.1 Å². The second kappa shape index (κ2) is 7.43. The molecular weight excluding hydrogens is 421 g/mol. The number of aliphatic hydroxyl groups is 1. The number of rotatable bonds is 5. The molecule has 0 aliphatic heterocycles. The number of anilines is 1. The van der Waals surface area contributed by atoms with Crippen LogP contribution in [0.25, 0.3) is 0 Å². The summed E-state index contributed by atoms with van der Waals surface area (Å²) < 4.78 is 38.3. The Kier molecular flexibility index (Phi) is 4.92. The van der Waals surface area contributed by atoms with Crippen LogP contribution in [0.2, 0.25) is 0 Å². The summed E-state index contributed by atoms with van der Waals surface area (Å²) in [4.78, 5) is 20.2. The molecule has 6 rings (SSSR count). The number of hydrogen-bond donors (Lipinski definition) is 3. The number of primary amides is 1. The molecule has 9 heteroatoms. The molecular formula is C23H25F3N4O2. The first-order valence-corrected chi connectivity index (χ1v) is 10.9. The molecule has 3 unspecified atom stereocenters. The summed E-state index contributed by atoms with van der Waals surface area (Å²) in [7, 11) is 0. The zero-order valence-electron chi connectivity index (χ0n) is 17.4. The van der Waals surface area contributed by atoms with E-state index < -0.39 is 23.2 Å². The molecule has 0 saturated heterocycles. The van der Waals surface area contributed by atoms with Crippen molar-refractivity contribution in [2.45, 2.75) is 56.3 Å². The van der Waals surface area contributed by atoms with E-state index >= 15 is 0 Å². The summed E-state index contributed by atoms with van der Waals surface area (Å²) in [5, 5.41) is 14.3. The summed E-state index contributed by atoms with van der Waals surface area (Å²) in [5.41, 5.74) is 6.09. The van der Waals surface area contributed by atoms with Gasteiger partial charge in [0.1, 0.15) is 0 Å². The van der Waals surface area contributed by atoms with Crippen LogP contribution in [0.15, 0.2) is 30.6 Å². The number of pyridine rings is 2. The van der Waals surface area contributed by atoms with Crippen molar-refractivity contribution in [3.63, 3.8) is 0 Å². The maximum Gasteiger partial charge on any atom is 0.417 e. The molecule has 170 valence electrons. The maximum atomic E-state index is 12.8. The average molecular weight is 446 g/mol. The monoisotopic (exact) mass is 446 g/mol. The molecule has 0 aromatic carbocycles. The van der Waals surface area contributed by atoms with Crippen molar-refractivity contribution in [1.82, 2.24) is 9.97 Å². The minimum atomic E-state index is -4.43. The van der Waals surface area contributed by atoms with E-state index in [1.807, 2.05) is 0 Å². The van der Waals surface area contributed by atoms with Crippen molar-refractivity contribution < 1.29 is 23.1 Å². The van der Waals surface area contributed by atoms with Crippen molar-refractivity contribution in [2.24, 2.45) is 23.5 Å². The molecule has 2 heterocycles. The van der Waals surface area contributed by atoms with Crippen LogP contribution in [-0.4, -0.2) is 32.6 Å². The molecule has 4 aliphatic carbocycles. The lowest BCUT2D eigenvalue weighted by Gasteiger charge is -2.58. The van der Waals surface area contributed by atoms with E-state index in [1.54, 1.807) is 6.07 Å². The highest BCUT2D eigenvalue weighted by Gasteiger charge is 2.54. The predicted molar refractivity (Wildman–Crippen MR) is 111 cm³/mol. The van der Waals surface area contributed by atoms with Gasteiger partial charge in [0.15, 0.2) is 0 Å². The Morgan fingerprint density at radius 3 is 2.38 bits per heavy atom. The Bertz CT molecular complexity index is 1020. The predicted octanol–water partition coefficient (Wildman–Crippen LogP) is 3.54. The van der Waals surface area contributed by atoms with E-state index in [1.165, 1.54) is 12.3 Å². The number of aromatic nitrogens is 2. The van der Waals surface area contributed by atoms with E-state index in [4.69, 9.17) is 5.73 Å². The van der Waals surface area contributed by atoms with Crippen molar-refractivity contribution >= 4 is 11.6 Å². The molecule has 0 radical (unpaired) electrons. The molecule has 1 amide bonds. The van der Waals surface area contributed by atoms with Crippen LogP contribution in [0, 0.1) is 17.8 Å². The molecule has 32 heavy (non-hydrogen) atoms. The first kappa shape index (κ1) is 21.2. The first-order chi connectivity index (χ1) is 15.1. The molecule has 4 aliphatic rings. The third-order valence-electron chi connectivity index (χ3n) is 7.30. The SMILES string of the molecule is NC(=O)c1cnc(Cc2ccc(C(F)(F)F)cn2)cc1NC1[C@@H]2CC3C[C@H]1CC(O)(C3)C2. The second-order valence-electron chi connectivity index (χ2n) is 9.66. The number of alkyl halides is 3. The number of hydrogen-bond acceptors (Lipinski definition) is 5. The highest BCUT2D eigenvalue weighted by atomic mass is 19.4. The van der Waals surface area contributed by atoms with Gasteiger partial charge >= 0.3 is 6.18 Å². The number of nitrogens with zero attached hydrogens (tertiary/aromatic N) is 2. The third-order valence-corrected chi connectivity index (χ3v) is 7.30. The third kappa shape index (κ3) is 3.94. The summed E-state index contributed by atoms with van der Waals surface area (Å²) in [6.45, 7) is 0. The van der Waals surface area contributed by atoms with E-state index in [0.29, 0.717) is 34.8 Å². The molecule has 4 fully saturated rings. The highest BCUT2D eigenvalue weighted by molar-refractivity contribution is 5.98. The van der Waals surface area contributed by atoms with Gasteiger partial charge in [-0.1, -0.05) is 0 Å². The molecule has 4 saturated carbocycles. The molecule has 2 aromatic heterocycles. The topological polar surface area (TPSA) is 101 Å². The van der Waals surface area contributed by atoms with E-state index in [2.05, 4.69) is 15.3 Å². The van der Waals surface area contributed by atoms with Crippen LogP contribution < -0.4 is 11.1 Å². The van der Waals surface area contributed by atoms with Crippen molar-refractivity contribution in [3.05, 3.63) is 53.1 Å². The van der Waals surface area contributed by atoms with Gasteiger partial charge in [-0.05, 0) is 68.1 Å². The number of amides is 1. The number of nitrogens with two attached hydrogens (primary N) is 1. The van der Waals surface area contributed by atoms with Gasteiger partial charge in [0, 0.05) is 36.2 Å². The summed E-state index contributed by atoms with van der Waals surface area (Å²) in [5.74, 6) is 0.631. The second-order valence-corrected chi connectivity index (χ2v) is 9.66. The Morgan fingerprint density at radius 1 is 1.12 bits per heavy atom. The fourth-order valence-electron chi connectivity index (χ4n) is 6.19. The minimum Gasteiger partial charge on any atom is -0.390 e. The van der Waals surface area contributed by atoms with Crippen LogP contribution in [0.3, 0.4) is 0 Å². The largest absolute Gasteiger partial charge is 0.417 e. The lowest BCUT2D eigenvalue weighted by atomic mass is 9.52. The van der Waals surface area contributed by atoms with Gasteiger partial charge in [0.05, 0.1) is 22.4 Å². The Morgan fingerprint density at radius 2 is 1.81 bits per heavy atom. The Balaban J connectivity index is 1.38. The van der Waals surface area contributed by atoms with Crippen LogP contribution in [0.1, 0.15) is 59.4 Å². The van der Waals surface area contributed by atoms with E-state index in [0.717, 1.165) is 44.4 Å². The van der Waals surface area contributed by atoms with Crippen LogP contribution in [0.4, 0.5) is 18.9 Å². The normalized spacial score (nSPS) is 31.0. The van der Waals surface area contributed by atoms with Gasteiger partial charge in [-0.2, -0.15) is 13.2 Å². The lowest BCUT2D eigenvalue weighted by Crippen LogP contribution is -2.59. The Hall–Kier alpha value is -2.68. The first-order valence-electron chi connectivity index (χ1n) is 10.9. The summed E-state index contributed by atoms with van der Waals surface area (Å²) in [6.07, 6.45) is 2.55. The molecule has 6 nitrogen and oxygen atoms in total. The molecule has 2 aromatic rings. The van der Waals surface area contributed by atoms with Crippen molar-refractivity contribution in [2.75, 3.05) is 5.32 Å². The number of nitrogens with one attached hydrogen (secondary N) is 1. The molecule has 4 bridgehead atoms. The van der Waals surface area contributed by atoms with Gasteiger partial charge in [-0.3, -0.25) is 14.8 Å². The van der Waals surface area contributed by atoms with Gasteiger partial charge in [0.25, 0.3) is 5.91 Å². The van der Waals surface area contributed by atoms with Gasteiger partial charge in [-0.15, -0.1) is 0 Å². The van der Waals surface area contributed by atoms with Crippen LogP contribution >= 0.6 is 0 Å².